The summed E-state index contributed by atoms with van der Waals surface area (Å²) in [7, 11) is 1.62. The second kappa shape index (κ2) is 6.95. The van der Waals surface area contributed by atoms with Crippen LogP contribution in [-0.2, 0) is 10.5 Å². The Hall–Kier alpha value is -1.85. The summed E-state index contributed by atoms with van der Waals surface area (Å²) in [5.74, 6) is 1.10. The molecule has 0 bridgehead atoms. The number of carbonyl (C=O) groups excluding carboxylic acids is 1. The molecule has 0 saturated heterocycles. The Bertz CT molecular complexity index is 877. The van der Waals surface area contributed by atoms with Gasteiger partial charge >= 0.3 is 0 Å². The zero-order valence-corrected chi connectivity index (χ0v) is 16.0. The quantitative estimate of drug-likeness (QED) is 0.881. The number of carbonyl (C=O) groups is 1. The van der Waals surface area contributed by atoms with Crippen LogP contribution in [0.2, 0.25) is 0 Å². The van der Waals surface area contributed by atoms with Gasteiger partial charge in [0.05, 0.1) is 23.0 Å². The minimum Gasteiger partial charge on any atom is -0.327 e. The maximum atomic E-state index is 12.2. The Morgan fingerprint density at radius 2 is 2.12 bits per heavy atom. The average molecular weight is 364 g/mol. The van der Waals surface area contributed by atoms with Gasteiger partial charge < -0.3 is 9.88 Å². The van der Waals surface area contributed by atoms with Gasteiger partial charge in [-0.15, -0.1) is 23.1 Å². The molecule has 128 valence electrons. The van der Waals surface area contributed by atoms with Gasteiger partial charge in [-0.2, -0.15) is 5.26 Å². The van der Waals surface area contributed by atoms with Gasteiger partial charge in [0.25, 0.3) is 5.56 Å². The molecule has 1 N–H and O–H groups in total. The zero-order chi connectivity index (χ0) is 18.1. The Morgan fingerprint density at radius 1 is 1.46 bits per heavy atom. The van der Waals surface area contributed by atoms with Gasteiger partial charge in [0.2, 0.25) is 5.91 Å². The van der Waals surface area contributed by atoms with Crippen molar-refractivity contribution in [3.63, 3.8) is 0 Å². The molecule has 0 aliphatic rings. The van der Waals surface area contributed by atoms with E-state index >= 15 is 0 Å². The first-order valence-corrected chi connectivity index (χ1v) is 9.39. The first kappa shape index (κ1) is 18.5. The van der Waals surface area contributed by atoms with Crippen molar-refractivity contribution in [3.05, 3.63) is 26.6 Å². The van der Waals surface area contributed by atoms with Crippen LogP contribution in [0.1, 0.15) is 30.1 Å². The van der Waals surface area contributed by atoms with Crippen molar-refractivity contribution in [1.82, 2.24) is 14.9 Å². The first-order chi connectivity index (χ1) is 11.2. The Kier molecular flexibility index (Phi) is 5.35. The minimum absolute atomic E-state index is 0.127. The van der Waals surface area contributed by atoms with Gasteiger partial charge in [-0.3, -0.25) is 9.59 Å². The molecule has 2 aromatic rings. The summed E-state index contributed by atoms with van der Waals surface area (Å²) in [4.78, 5) is 34.9. The number of thioether (sulfide) groups is 1. The number of aryl methyl sites for hydroxylation is 2. The predicted octanol–water partition coefficient (Wildman–Crippen LogP) is 2.60. The van der Waals surface area contributed by atoms with Crippen LogP contribution in [0.25, 0.3) is 10.2 Å². The lowest BCUT2D eigenvalue weighted by atomic mass is 10.1. The smallest absolute Gasteiger partial charge is 0.259 e. The number of amides is 1. The molecule has 0 fully saturated rings. The van der Waals surface area contributed by atoms with Crippen LogP contribution in [0.5, 0.6) is 0 Å². The fourth-order valence-corrected chi connectivity index (χ4v) is 3.94. The van der Waals surface area contributed by atoms with E-state index in [1.807, 2.05) is 13.8 Å². The Morgan fingerprint density at radius 3 is 2.75 bits per heavy atom. The molecule has 0 unspecified atom stereocenters. The van der Waals surface area contributed by atoms with E-state index < -0.39 is 5.54 Å². The number of hydrogen-bond acceptors (Lipinski definition) is 6. The Balaban J connectivity index is 2.06. The fourth-order valence-electron chi connectivity index (χ4n) is 2.09. The van der Waals surface area contributed by atoms with Crippen molar-refractivity contribution in [1.29, 1.82) is 5.26 Å². The normalized spacial score (nSPS) is 11.5. The highest BCUT2D eigenvalue weighted by Gasteiger charge is 2.26. The summed E-state index contributed by atoms with van der Waals surface area (Å²) in [5.41, 5.74) is -0.000193. The topological polar surface area (TPSA) is 89.8 Å². The molecular formula is C16H20N4O2S2. The van der Waals surface area contributed by atoms with E-state index in [4.69, 9.17) is 5.26 Å². The predicted molar refractivity (Wildman–Crippen MR) is 98.3 cm³/mol. The van der Waals surface area contributed by atoms with Crippen molar-refractivity contribution >= 4 is 39.2 Å². The number of thiophene rings is 1. The fraction of sp³-hybridized carbons (Fsp3) is 0.500. The second-order valence-corrected chi connectivity index (χ2v) is 8.28. The molecule has 2 rings (SSSR count). The van der Waals surface area contributed by atoms with Crippen LogP contribution in [0, 0.1) is 25.2 Å². The summed E-state index contributed by atoms with van der Waals surface area (Å²) in [5, 5.41) is 9.72. The van der Waals surface area contributed by atoms with E-state index in [0.717, 1.165) is 15.3 Å². The van der Waals surface area contributed by atoms with E-state index in [2.05, 4.69) is 16.0 Å². The lowest BCUT2D eigenvalue weighted by Crippen LogP contribution is -2.44. The van der Waals surface area contributed by atoms with Gasteiger partial charge in [-0.1, -0.05) is 0 Å². The Labute approximate surface area is 148 Å². The van der Waals surface area contributed by atoms with Crippen LogP contribution < -0.4 is 5.56 Å². The molecule has 0 aliphatic carbocycles. The number of nitrogens with zero attached hydrogens (tertiary/aromatic N) is 3. The number of aromatic nitrogens is 2. The number of hydrogen-bond donors (Lipinski definition) is 1. The highest BCUT2D eigenvalue weighted by atomic mass is 32.2. The number of aromatic amines is 1. The average Bonchev–Trinajstić information content (AvgIpc) is 2.81. The largest absolute Gasteiger partial charge is 0.327 e. The van der Waals surface area contributed by atoms with Crippen molar-refractivity contribution in [3.8, 4) is 6.07 Å². The van der Waals surface area contributed by atoms with Gasteiger partial charge in [0.15, 0.2) is 0 Å². The van der Waals surface area contributed by atoms with Crippen LogP contribution in [-0.4, -0.2) is 39.1 Å². The minimum atomic E-state index is -0.838. The molecular weight excluding hydrogens is 344 g/mol. The third-order valence-corrected chi connectivity index (χ3v) is 6.07. The van der Waals surface area contributed by atoms with Crippen LogP contribution in [0.15, 0.2) is 4.79 Å². The van der Waals surface area contributed by atoms with Crippen molar-refractivity contribution in [2.75, 3.05) is 12.8 Å². The van der Waals surface area contributed by atoms with Gasteiger partial charge in [0, 0.05) is 11.9 Å². The van der Waals surface area contributed by atoms with E-state index in [1.54, 1.807) is 20.9 Å². The SMILES string of the molecule is Cc1sc2nc(CSCC(=O)N(C)C(C)(C)C#N)[nH]c(=O)c2c1C. The number of nitrogens with one attached hydrogen (secondary N) is 1. The molecule has 0 radical (unpaired) electrons. The summed E-state index contributed by atoms with van der Waals surface area (Å²) in [6, 6.07) is 2.10. The van der Waals surface area contributed by atoms with E-state index in [1.165, 1.54) is 28.0 Å². The maximum Gasteiger partial charge on any atom is 0.259 e. The van der Waals surface area contributed by atoms with E-state index in [0.29, 0.717) is 17.0 Å². The summed E-state index contributed by atoms with van der Waals surface area (Å²) in [6.07, 6.45) is 0. The van der Waals surface area contributed by atoms with E-state index in [-0.39, 0.29) is 17.2 Å². The molecule has 2 heterocycles. The molecule has 0 aromatic carbocycles. The number of rotatable bonds is 5. The standard InChI is InChI=1S/C16H20N4O2S2/c1-9-10(2)24-15-13(9)14(22)18-11(19-15)6-23-7-12(21)20(5)16(3,4)8-17/h6-7H2,1-5H3,(H,18,19,22). The van der Waals surface area contributed by atoms with Crippen molar-refractivity contribution in [2.45, 2.75) is 39.0 Å². The van der Waals surface area contributed by atoms with E-state index in [9.17, 15) is 9.59 Å². The van der Waals surface area contributed by atoms with Crippen LogP contribution in [0.3, 0.4) is 0 Å². The summed E-state index contributed by atoms with van der Waals surface area (Å²) >= 11 is 2.88. The maximum absolute atomic E-state index is 12.2. The molecule has 24 heavy (non-hydrogen) atoms. The van der Waals surface area contributed by atoms with Crippen LogP contribution in [0.4, 0.5) is 0 Å². The monoisotopic (exact) mass is 364 g/mol. The lowest BCUT2D eigenvalue weighted by molar-refractivity contribution is -0.130. The van der Waals surface area contributed by atoms with Crippen molar-refractivity contribution in [2.24, 2.45) is 0 Å². The number of nitriles is 1. The lowest BCUT2D eigenvalue weighted by Gasteiger charge is -2.28. The molecule has 1 amide bonds. The van der Waals surface area contributed by atoms with Gasteiger partial charge in [-0.25, -0.2) is 4.98 Å². The van der Waals surface area contributed by atoms with Crippen molar-refractivity contribution < 1.29 is 4.79 Å². The summed E-state index contributed by atoms with van der Waals surface area (Å²) in [6.45, 7) is 7.29. The van der Waals surface area contributed by atoms with Gasteiger partial charge in [-0.05, 0) is 33.3 Å². The highest BCUT2D eigenvalue weighted by molar-refractivity contribution is 7.99. The van der Waals surface area contributed by atoms with Crippen LogP contribution >= 0.6 is 23.1 Å². The van der Waals surface area contributed by atoms with Gasteiger partial charge in [0.1, 0.15) is 16.2 Å². The zero-order valence-electron chi connectivity index (χ0n) is 14.4. The molecule has 6 nitrogen and oxygen atoms in total. The third-order valence-electron chi connectivity index (χ3n) is 4.04. The highest BCUT2D eigenvalue weighted by Crippen LogP contribution is 2.26. The molecule has 2 aromatic heterocycles. The molecule has 0 spiro atoms. The number of fused-ring (bicyclic) bond motifs is 1. The molecule has 0 aliphatic heterocycles. The number of H-pyrrole nitrogens is 1. The first-order valence-electron chi connectivity index (χ1n) is 7.42. The summed E-state index contributed by atoms with van der Waals surface area (Å²) < 4.78 is 0. The molecule has 8 heteroatoms. The molecule has 0 atom stereocenters. The second-order valence-electron chi connectivity index (χ2n) is 6.09. The third kappa shape index (κ3) is 3.62. The molecule has 0 saturated carbocycles.